The lowest BCUT2D eigenvalue weighted by molar-refractivity contribution is -0.135. The molecule has 34 heavy (non-hydrogen) atoms. The molecule has 2 unspecified atom stereocenters. The van der Waals surface area contributed by atoms with E-state index in [0.717, 1.165) is 22.3 Å². The van der Waals surface area contributed by atoms with Crippen molar-refractivity contribution in [2.45, 2.75) is 57.6 Å². The Balaban J connectivity index is 1.54. The molecule has 0 spiro atoms. The van der Waals surface area contributed by atoms with Crippen LogP contribution in [0.1, 0.15) is 57.6 Å². The van der Waals surface area contributed by atoms with E-state index >= 15 is 0 Å². The van der Waals surface area contributed by atoms with Crippen molar-refractivity contribution >= 4 is 17.7 Å². The van der Waals surface area contributed by atoms with Gasteiger partial charge in [0.15, 0.2) is 11.6 Å². The van der Waals surface area contributed by atoms with Gasteiger partial charge >= 0.3 is 6.09 Å². The van der Waals surface area contributed by atoms with Crippen molar-refractivity contribution in [3.8, 4) is 11.1 Å². The van der Waals surface area contributed by atoms with Crippen LogP contribution in [0.15, 0.2) is 48.5 Å². The average molecular weight is 467 g/mol. The predicted molar refractivity (Wildman–Crippen MR) is 131 cm³/mol. The second-order valence-corrected chi connectivity index (χ2v) is 9.19. The van der Waals surface area contributed by atoms with Crippen molar-refractivity contribution in [3.05, 3.63) is 59.7 Å². The first-order chi connectivity index (χ1) is 16.1. The number of alkyl carbamates (subject to hydrolysis) is 1. The molecule has 0 bridgehead atoms. The van der Waals surface area contributed by atoms with Gasteiger partial charge in [0.1, 0.15) is 12.2 Å². The molecule has 0 radical (unpaired) electrons. The zero-order valence-corrected chi connectivity index (χ0v) is 20.3. The van der Waals surface area contributed by atoms with Gasteiger partial charge < -0.3 is 15.2 Å². The topological polar surface area (TPSA) is 105 Å². The van der Waals surface area contributed by atoms with E-state index in [2.05, 4.69) is 22.8 Å². The summed E-state index contributed by atoms with van der Waals surface area (Å²) in [4.78, 5) is 37.4. The molecule has 1 amide bonds. The van der Waals surface area contributed by atoms with Crippen LogP contribution in [0.4, 0.5) is 4.79 Å². The fraction of sp³-hybridized carbons (Fsp3) is 0.444. The van der Waals surface area contributed by atoms with Crippen LogP contribution in [0.25, 0.3) is 11.1 Å². The minimum atomic E-state index is -1.44. The molecule has 0 aliphatic heterocycles. The van der Waals surface area contributed by atoms with Crippen molar-refractivity contribution in [3.63, 3.8) is 0 Å². The van der Waals surface area contributed by atoms with Gasteiger partial charge in [0.2, 0.25) is 0 Å². The number of amides is 1. The summed E-state index contributed by atoms with van der Waals surface area (Å²) >= 11 is 0. The van der Waals surface area contributed by atoms with E-state index in [0.29, 0.717) is 6.42 Å². The minimum Gasteiger partial charge on any atom is -0.449 e. The molecular formula is C27H34N2O5. The maximum atomic E-state index is 12.8. The summed E-state index contributed by atoms with van der Waals surface area (Å²) in [5, 5.41) is 15.6. The van der Waals surface area contributed by atoms with Gasteiger partial charge in [-0.1, -0.05) is 62.4 Å². The molecule has 0 fully saturated rings. The number of carbonyl (C=O) groups is 3. The summed E-state index contributed by atoms with van der Waals surface area (Å²) in [5.41, 5.74) is 2.05. The van der Waals surface area contributed by atoms with E-state index in [9.17, 15) is 19.5 Å². The number of ether oxygens (including phenoxy) is 1. The summed E-state index contributed by atoms with van der Waals surface area (Å²) < 4.78 is 5.48. The number of hydrogen-bond donors (Lipinski definition) is 3. The molecule has 2 atom stereocenters. The number of fused-ring (bicyclic) bond motifs is 3. The standard InChI is InChI=1S/C27H34N2O5/c1-5-26(3,29-16-24(31)27(4,33)6-2)23(30)15-28-25(32)34-17-22-20-13-9-7-11-18(20)19-12-8-10-14-21(19)22/h7-14,22,29,33H,5-6,15-17H2,1-4H3,(H,28,32). The third-order valence-electron chi connectivity index (χ3n) is 6.99. The Morgan fingerprint density at radius 1 is 0.882 bits per heavy atom. The van der Waals surface area contributed by atoms with Gasteiger partial charge in [-0.2, -0.15) is 0 Å². The molecule has 1 aliphatic rings. The SMILES string of the molecule is CCC(C)(O)C(=O)CNC(C)(CC)C(=O)CNC(=O)OCC1c2ccccc2-c2ccccc21. The lowest BCUT2D eigenvalue weighted by Gasteiger charge is -2.30. The maximum absolute atomic E-state index is 12.8. The van der Waals surface area contributed by atoms with E-state index in [1.165, 1.54) is 6.92 Å². The van der Waals surface area contributed by atoms with Crippen molar-refractivity contribution < 1.29 is 24.2 Å². The molecule has 2 aromatic rings. The highest BCUT2D eigenvalue weighted by atomic mass is 16.5. The third kappa shape index (κ3) is 5.37. The number of ketones is 2. The van der Waals surface area contributed by atoms with Gasteiger partial charge in [0, 0.05) is 5.92 Å². The van der Waals surface area contributed by atoms with Crippen LogP contribution < -0.4 is 10.6 Å². The van der Waals surface area contributed by atoms with Gasteiger partial charge in [0.25, 0.3) is 0 Å². The highest BCUT2D eigenvalue weighted by Gasteiger charge is 2.35. The highest BCUT2D eigenvalue weighted by Crippen LogP contribution is 2.44. The first kappa shape index (κ1) is 25.6. The second-order valence-electron chi connectivity index (χ2n) is 9.19. The third-order valence-corrected chi connectivity index (χ3v) is 6.99. The highest BCUT2D eigenvalue weighted by molar-refractivity contribution is 5.93. The van der Waals surface area contributed by atoms with Gasteiger partial charge in [0.05, 0.1) is 18.6 Å². The van der Waals surface area contributed by atoms with Crippen LogP contribution in [0.2, 0.25) is 0 Å². The Bertz CT molecular complexity index is 1020. The molecular weight excluding hydrogens is 432 g/mol. The van der Waals surface area contributed by atoms with E-state index in [1.54, 1.807) is 13.8 Å². The lowest BCUT2D eigenvalue weighted by Crippen LogP contribution is -2.56. The van der Waals surface area contributed by atoms with Crippen molar-refractivity contribution in [2.24, 2.45) is 0 Å². The van der Waals surface area contributed by atoms with Crippen molar-refractivity contribution in [2.75, 3.05) is 19.7 Å². The number of nitrogens with one attached hydrogen (secondary N) is 2. The molecule has 2 aromatic carbocycles. The van der Waals surface area contributed by atoms with Crippen molar-refractivity contribution in [1.29, 1.82) is 0 Å². The van der Waals surface area contributed by atoms with Gasteiger partial charge in [-0.25, -0.2) is 4.79 Å². The van der Waals surface area contributed by atoms with E-state index < -0.39 is 17.2 Å². The largest absolute Gasteiger partial charge is 0.449 e. The Morgan fingerprint density at radius 2 is 1.44 bits per heavy atom. The average Bonchev–Trinajstić information content (AvgIpc) is 3.17. The second kappa shape index (κ2) is 10.5. The molecule has 3 rings (SSSR count). The molecule has 1 aliphatic carbocycles. The quantitative estimate of drug-likeness (QED) is 0.468. The Morgan fingerprint density at radius 3 is 1.97 bits per heavy atom. The van der Waals surface area contributed by atoms with E-state index in [4.69, 9.17) is 4.74 Å². The van der Waals surface area contributed by atoms with Crippen LogP contribution in [0.5, 0.6) is 0 Å². The summed E-state index contributed by atoms with van der Waals surface area (Å²) in [6.07, 6.45) is 0.0339. The van der Waals surface area contributed by atoms with Crippen LogP contribution in [0, 0.1) is 0 Å². The number of Topliss-reactive ketones (excluding diaryl/α,β-unsaturated/α-hetero) is 2. The number of carbonyl (C=O) groups excluding carboxylic acids is 3. The number of aliphatic hydroxyl groups is 1. The minimum absolute atomic E-state index is 0.0613. The summed E-state index contributed by atoms with van der Waals surface area (Å²) in [5.74, 6) is -0.715. The predicted octanol–water partition coefficient (Wildman–Crippen LogP) is 3.58. The molecule has 0 aromatic heterocycles. The summed E-state index contributed by atoms with van der Waals surface area (Å²) in [6.45, 7) is 6.48. The Hall–Kier alpha value is -3.03. The first-order valence-electron chi connectivity index (χ1n) is 11.8. The maximum Gasteiger partial charge on any atom is 0.407 e. The summed E-state index contributed by atoms with van der Waals surface area (Å²) in [7, 11) is 0. The normalized spacial score (nSPS) is 16.0. The van der Waals surface area contributed by atoms with Crippen molar-refractivity contribution in [1.82, 2.24) is 10.6 Å². The number of hydrogen-bond acceptors (Lipinski definition) is 6. The fourth-order valence-electron chi connectivity index (χ4n) is 4.08. The smallest absolute Gasteiger partial charge is 0.407 e. The van der Waals surface area contributed by atoms with E-state index in [1.807, 2.05) is 43.3 Å². The Kier molecular flexibility index (Phi) is 7.89. The van der Waals surface area contributed by atoms with Crippen LogP contribution in [-0.4, -0.2) is 53.6 Å². The number of rotatable bonds is 11. The first-order valence-corrected chi connectivity index (χ1v) is 11.8. The molecule has 7 heteroatoms. The van der Waals surface area contributed by atoms with Gasteiger partial charge in [-0.15, -0.1) is 0 Å². The fourth-order valence-corrected chi connectivity index (χ4v) is 4.08. The zero-order valence-electron chi connectivity index (χ0n) is 20.3. The molecule has 0 saturated carbocycles. The van der Waals surface area contributed by atoms with Crippen LogP contribution >= 0.6 is 0 Å². The molecule has 0 heterocycles. The van der Waals surface area contributed by atoms with Gasteiger partial charge in [-0.05, 0) is 48.9 Å². The molecule has 7 nitrogen and oxygen atoms in total. The number of benzene rings is 2. The van der Waals surface area contributed by atoms with Crippen LogP contribution in [0.3, 0.4) is 0 Å². The Labute approximate surface area is 200 Å². The van der Waals surface area contributed by atoms with Crippen LogP contribution in [-0.2, 0) is 14.3 Å². The van der Waals surface area contributed by atoms with Gasteiger partial charge in [-0.3, -0.25) is 14.9 Å². The zero-order chi connectivity index (χ0) is 24.9. The monoisotopic (exact) mass is 466 g/mol. The lowest BCUT2D eigenvalue weighted by atomic mass is 9.91. The molecule has 0 saturated heterocycles. The molecule has 3 N–H and O–H groups in total. The van der Waals surface area contributed by atoms with E-state index in [-0.39, 0.29) is 43.6 Å². The molecule has 182 valence electrons. The summed E-state index contributed by atoms with van der Waals surface area (Å²) in [6, 6.07) is 16.1.